The van der Waals surface area contributed by atoms with E-state index in [0.717, 1.165) is 26.2 Å². The molecule has 0 saturated carbocycles. The Morgan fingerprint density at radius 1 is 0.645 bits per heavy atom. The van der Waals surface area contributed by atoms with Gasteiger partial charge < -0.3 is 30.8 Å². The van der Waals surface area contributed by atoms with Crippen molar-refractivity contribution in [1.82, 2.24) is 0 Å². The fraction of sp³-hybridized carbons (Fsp3) is 0.913. The quantitative estimate of drug-likeness (QED) is 0.375. The van der Waals surface area contributed by atoms with Crippen LogP contribution in [0.1, 0.15) is 92.8 Å². The summed E-state index contributed by atoms with van der Waals surface area (Å²) in [5, 5.41) is 17.6. The summed E-state index contributed by atoms with van der Waals surface area (Å²) in [6, 6.07) is 0. The molecule has 0 saturated heterocycles. The van der Waals surface area contributed by atoms with E-state index in [0.29, 0.717) is 21.7 Å². The van der Waals surface area contributed by atoms with E-state index in [2.05, 4.69) is 93.7 Å². The average molecular weight is 501 g/mol. The van der Waals surface area contributed by atoms with E-state index < -0.39 is 12.7 Å². The number of hydrogen-bond acceptors (Lipinski definition) is 4. The molecule has 8 heteroatoms. The normalized spacial score (nSPS) is 11.4. The van der Waals surface area contributed by atoms with E-state index in [1.54, 1.807) is 0 Å². The summed E-state index contributed by atoms with van der Waals surface area (Å²) in [7, 11) is 0. The van der Waals surface area contributed by atoms with Crippen molar-refractivity contribution >= 4 is 12.7 Å². The number of hydrogen-bond donors (Lipinski definition) is 0. The van der Waals surface area contributed by atoms with Crippen molar-refractivity contribution in [2.45, 2.75) is 90.0 Å². The molecule has 0 heterocycles. The number of rotatable bonds is 4. The first kappa shape index (κ1) is 43.4. The van der Waals surface area contributed by atoms with Gasteiger partial charge in [-0.25, -0.2) is 0 Å². The molecule has 0 aromatic carbocycles. The maximum Gasteiger partial charge on any atom is 1.00 e. The molecule has 0 aromatic heterocycles. The van der Waals surface area contributed by atoms with Crippen molar-refractivity contribution < 1.29 is 126 Å². The average Bonchev–Trinajstić information content (AvgIpc) is 2.30. The SMILES string of the molecule is CC(C)(C)C[N-]CC(C)(C)C.CC(C)(C)C[N-]CC(C)(C)C.[3H]C(=O)[O-].[3H]C(C)=O.[K+].[K+].[OH-]. The summed E-state index contributed by atoms with van der Waals surface area (Å²) in [4.78, 5) is 17.7. The monoisotopic (exact) mass is 500 g/mol. The van der Waals surface area contributed by atoms with Crippen molar-refractivity contribution in [2.75, 3.05) is 26.2 Å². The molecule has 0 atom stereocenters. The minimum Gasteiger partial charge on any atom is -0.870 e. The van der Waals surface area contributed by atoms with Gasteiger partial charge in [0.2, 0.25) is 0 Å². The smallest absolute Gasteiger partial charge is 0.870 e. The van der Waals surface area contributed by atoms with Gasteiger partial charge in [0.25, 0.3) is 0 Å². The second-order valence-electron chi connectivity index (χ2n) is 11.6. The Hall–Kier alpha value is 2.29. The van der Waals surface area contributed by atoms with Crippen LogP contribution in [0.4, 0.5) is 0 Å². The summed E-state index contributed by atoms with van der Waals surface area (Å²) < 4.78 is 11.3. The Balaban J connectivity index is -0.0000000580. The van der Waals surface area contributed by atoms with Gasteiger partial charge in [0, 0.05) is 6.45 Å². The first-order valence-electron chi connectivity index (χ1n) is 10.8. The van der Waals surface area contributed by atoms with Crippen LogP contribution in [0.2, 0.25) is 0 Å². The van der Waals surface area contributed by atoms with E-state index in [1.807, 2.05) is 0 Å². The molecule has 0 bridgehead atoms. The van der Waals surface area contributed by atoms with Gasteiger partial charge in [0.1, 0.15) is 7.63 Å². The first-order chi connectivity index (χ1) is 12.9. The van der Waals surface area contributed by atoms with Gasteiger partial charge in [0.15, 0.2) is 0 Å². The molecule has 0 aliphatic carbocycles. The third-order valence-corrected chi connectivity index (χ3v) is 2.34. The Morgan fingerprint density at radius 2 is 0.742 bits per heavy atom. The van der Waals surface area contributed by atoms with Gasteiger partial charge in [0.05, 0.1) is 1.37 Å². The van der Waals surface area contributed by atoms with E-state index in [4.69, 9.17) is 17.4 Å². The Kier molecular flexibility index (Phi) is 37.6. The number of aldehydes is 1. The molecular formula is C23H50K2N2O4-2. The third-order valence-electron chi connectivity index (χ3n) is 2.34. The van der Waals surface area contributed by atoms with Gasteiger partial charge in [-0.2, -0.15) is 0 Å². The number of nitrogens with zero attached hydrogens (tertiary/aromatic N) is 2. The minimum absolute atomic E-state index is 0. The molecule has 0 fully saturated rings. The summed E-state index contributed by atoms with van der Waals surface area (Å²) in [6.45, 7) is 31.8. The van der Waals surface area contributed by atoms with Crippen LogP contribution in [0.3, 0.4) is 0 Å². The minimum atomic E-state index is -1.83. The van der Waals surface area contributed by atoms with Crippen LogP contribution in [0, 0.1) is 21.7 Å². The van der Waals surface area contributed by atoms with E-state index in [9.17, 15) is 0 Å². The molecule has 1 N–H and O–H groups in total. The molecule has 0 unspecified atom stereocenters. The largest absolute Gasteiger partial charge is 1.00 e. The molecule has 0 spiro atoms. The predicted octanol–water partition coefficient (Wildman–Crippen LogP) is -0.693. The third kappa shape index (κ3) is 88.6. The number of carbonyl (C=O) groups excluding carboxylic acids is 2. The Bertz CT molecular complexity index is 377. The van der Waals surface area contributed by atoms with Gasteiger partial charge in [-0.05, 0) is 6.92 Å². The molecular weight excluding hydrogens is 446 g/mol. The molecule has 0 aliphatic rings. The van der Waals surface area contributed by atoms with E-state index >= 15 is 0 Å². The summed E-state index contributed by atoms with van der Waals surface area (Å²) in [5.41, 5.74) is 1.41. The van der Waals surface area contributed by atoms with Gasteiger partial charge in [-0.1, -0.05) is 105 Å². The van der Waals surface area contributed by atoms with Crippen LogP contribution in [0.25, 0.3) is 10.6 Å². The molecule has 0 amide bonds. The van der Waals surface area contributed by atoms with Gasteiger partial charge in [-0.3, -0.25) is 0 Å². The first-order valence-corrected chi connectivity index (χ1v) is 9.79. The zero-order chi connectivity index (χ0) is 25.4. The summed E-state index contributed by atoms with van der Waals surface area (Å²) in [6.07, 6.45) is -2.42. The molecule has 0 rings (SSSR count). The molecule has 0 aromatic rings. The van der Waals surface area contributed by atoms with Crippen LogP contribution in [0.15, 0.2) is 0 Å². The predicted molar refractivity (Wildman–Crippen MR) is 124 cm³/mol. The Labute approximate surface area is 282 Å². The van der Waals surface area contributed by atoms with Crippen LogP contribution in [-0.4, -0.2) is 44.4 Å². The molecule has 6 nitrogen and oxygen atoms in total. The van der Waals surface area contributed by atoms with Crippen molar-refractivity contribution in [3.8, 4) is 0 Å². The molecule has 31 heavy (non-hydrogen) atoms. The van der Waals surface area contributed by atoms with Gasteiger partial charge >= 0.3 is 103 Å². The van der Waals surface area contributed by atoms with Crippen molar-refractivity contribution in [3.63, 3.8) is 0 Å². The second kappa shape index (κ2) is 26.9. The van der Waals surface area contributed by atoms with Crippen LogP contribution in [0.5, 0.6) is 0 Å². The van der Waals surface area contributed by atoms with Crippen LogP contribution >= 0.6 is 0 Å². The van der Waals surface area contributed by atoms with Crippen molar-refractivity contribution in [2.24, 2.45) is 21.7 Å². The van der Waals surface area contributed by atoms with Gasteiger partial charge in [-0.15, -0.1) is 26.2 Å². The zero-order valence-electron chi connectivity index (χ0n) is 25.4. The summed E-state index contributed by atoms with van der Waals surface area (Å²) in [5.74, 6) is 0. The summed E-state index contributed by atoms with van der Waals surface area (Å²) >= 11 is 0. The van der Waals surface area contributed by atoms with Crippen molar-refractivity contribution in [3.05, 3.63) is 10.6 Å². The van der Waals surface area contributed by atoms with E-state index in [1.165, 1.54) is 6.92 Å². The zero-order valence-corrected chi connectivity index (χ0v) is 29.6. The number of carbonyl (C=O) groups is 2. The maximum atomic E-state index is 9.11. The standard InChI is InChI=1S/2C10H22N.C2H4O.CH2O2.2K.H2O/c2*1-9(2,3)7-11-8-10(4,5)6;1-2-3;2-1-3;;;/h2*7-8H2,1-6H3;2H,1H3;1H,(H,2,3);;;1H2/q2*-1;;;2*+1;/p-2/i;;2T;1T;;;. The maximum absolute atomic E-state index is 9.11. The van der Waals surface area contributed by atoms with Crippen molar-refractivity contribution in [1.29, 1.82) is 0 Å². The molecule has 0 aliphatic heterocycles. The van der Waals surface area contributed by atoms with Crippen LogP contribution < -0.4 is 108 Å². The van der Waals surface area contributed by atoms with E-state index in [-0.39, 0.29) is 108 Å². The fourth-order valence-electron chi connectivity index (χ4n) is 1.45. The Morgan fingerprint density at radius 3 is 0.806 bits per heavy atom. The number of carboxylic acid groups (broad SMARTS) is 1. The molecule has 180 valence electrons. The molecule has 0 radical (unpaired) electrons. The van der Waals surface area contributed by atoms with Crippen LogP contribution in [-0.2, 0) is 9.59 Å². The fourth-order valence-corrected chi connectivity index (χ4v) is 1.45. The second-order valence-corrected chi connectivity index (χ2v) is 11.6. The topological polar surface area (TPSA) is 115 Å².